The Morgan fingerprint density at radius 2 is 1.45 bits per heavy atom. The fraction of sp³-hybridized carbons (Fsp3) is 0.167. The first-order valence-electron chi connectivity index (χ1n) is 9.40. The molecular formula is C24H24N2O3. The first-order chi connectivity index (χ1) is 13.9. The van der Waals surface area contributed by atoms with E-state index in [0.717, 1.165) is 22.4 Å². The number of hydrogen-bond donors (Lipinski definition) is 2. The first kappa shape index (κ1) is 20.1. The Morgan fingerprint density at radius 3 is 2.14 bits per heavy atom. The Labute approximate surface area is 170 Å². The zero-order chi connectivity index (χ0) is 20.8. The maximum Gasteiger partial charge on any atom is 0.262 e. The highest BCUT2D eigenvalue weighted by atomic mass is 16.5. The molecule has 0 heterocycles. The Morgan fingerprint density at radius 1 is 0.828 bits per heavy atom. The summed E-state index contributed by atoms with van der Waals surface area (Å²) >= 11 is 0. The molecule has 0 saturated heterocycles. The number of nitrogens with one attached hydrogen (secondary N) is 2. The van der Waals surface area contributed by atoms with E-state index in [2.05, 4.69) is 10.6 Å². The van der Waals surface area contributed by atoms with E-state index in [1.165, 1.54) is 0 Å². The molecule has 0 aliphatic carbocycles. The number of carbonyl (C=O) groups excluding carboxylic acids is 2. The monoisotopic (exact) mass is 388 g/mol. The average molecular weight is 388 g/mol. The highest BCUT2D eigenvalue weighted by Crippen LogP contribution is 2.23. The molecule has 0 aliphatic heterocycles. The lowest BCUT2D eigenvalue weighted by molar-refractivity contribution is -0.118. The zero-order valence-corrected chi connectivity index (χ0v) is 16.8. The van der Waals surface area contributed by atoms with Gasteiger partial charge in [0.1, 0.15) is 5.75 Å². The topological polar surface area (TPSA) is 67.4 Å². The molecule has 0 spiro atoms. The van der Waals surface area contributed by atoms with Crippen LogP contribution < -0.4 is 15.4 Å². The molecule has 0 radical (unpaired) electrons. The van der Waals surface area contributed by atoms with Gasteiger partial charge in [-0.2, -0.15) is 0 Å². The van der Waals surface area contributed by atoms with Crippen LogP contribution in [-0.2, 0) is 4.79 Å². The van der Waals surface area contributed by atoms with Gasteiger partial charge in [-0.05, 0) is 56.2 Å². The van der Waals surface area contributed by atoms with Gasteiger partial charge in [0, 0.05) is 11.4 Å². The van der Waals surface area contributed by atoms with Crippen molar-refractivity contribution in [1.82, 2.24) is 0 Å². The van der Waals surface area contributed by atoms with E-state index < -0.39 is 0 Å². The van der Waals surface area contributed by atoms with Crippen molar-refractivity contribution < 1.29 is 14.3 Å². The van der Waals surface area contributed by atoms with Gasteiger partial charge in [0.2, 0.25) is 0 Å². The summed E-state index contributed by atoms with van der Waals surface area (Å²) in [6, 6.07) is 20.1. The highest BCUT2D eigenvalue weighted by molar-refractivity contribution is 6.06. The minimum Gasteiger partial charge on any atom is -0.483 e. The summed E-state index contributed by atoms with van der Waals surface area (Å²) in [5.74, 6) is -0.218. The van der Waals surface area contributed by atoms with Crippen molar-refractivity contribution in [2.45, 2.75) is 20.8 Å². The standard InChI is InChI=1S/C24H24N2O3/c1-16-13-17(2)23(18(3)14-16)26-22(27)15-29-21-12-8-7-11-20(21)24(28)25-19-9-5-4-6-10-19/h4-14H,15H2,1-3H3,(H,25,28)(H,26,27). The summed E-state index contributed by atoms with van der Waals surface area (Å²) in [7, 11) is 0. The second-order valence-electron chi connectivity index (χ2n) is 6.93. The molecule has 29 heavy (non-hydrogen) atoms. The first-order valence-corrected chi connectivity index (χ1v) is 9.40. The molecule has 3 aromatic carbocycles. The zero-order valence-electron chi connectivity index (χ0n) is 16.8. The smallest absolute Gasteiger partial charge is 0.262 e. The number of hydrogen-bond acceptors (Lipinski definition) is 3. The Hall–Kier alpha value is -3.60. The van der Waals surface area contributed by atoms with Crippen LogP contribution in [0.1, 0.15) is 27.0 Å². The van der Waals surface area contributed by atoms with Gasteiger partial charge in [0.15, 0.2) is 6.61 Å². The van der Waals surface area contributed by atoms with Crippen LogP contribution in [0.25, 0.3) is 0 Å². The second-order valence-corrected chi connectivity index (χ2v) is 6.93. The number of amides is 2. The van der Waals surface area contributed by atoms with E-state index in [4.69, 9.17) is 4.74 Å². The minimum absolute atomic E-state index is 0.192. The summed E-state index contributed by atoms with van der Waals surface area (Å²) in [6.07, 6.45) is 0. The molecule has 5 heteroatoms. The van der Waals surface area contributed by atoms with Crippen LogP contribution in [0.5, 0.6) is 5.75 Å². The molecule has 148 valence electrons. The van der Waals surface area contributed by atoms with Crippen molar-refractivity contribution in [3.8, 4) is 5.75 Å². The van der Waals surface area contributed by atoms with Gasteiger partial charge in [-0.3, -0.25) is 9.59 Å². The summed E-state index contributed by atoms with van der Waals surface area (Å²) in [6.45, 7) is 5.74. The van der Waals surface area contributed by atoms with E-state index in [9.17, 15) is 9.59 Å². The lowest BCUT2D eigenvalue weighted by atomic mass is 10.1. The Balaban J connectivity index is 1.67. The molecule has 2 amide bonds. The molecule has 0 fully saturated rings. The maximum atomic E-state index is 12.6. The molecule has 0 bridgehead atoms. The van der Waals surface area contributed by atoms with Crippen molar-refractivity contribution in [3.63, 3.8) is 0 Å². The fourth-order valence-electron chi connectivity index (χ4n) is 3.20. The largest absolute Gasteiger partial charge is 0.483 e. The van der Waals surface area contributed by atoms with Crippen molar-refractivity contribution in [3.05, 3.63) is 89.0 Å². The third kappa shape index (κ3) is 5.23. The van der Waals surface area contributed by atoms with Crippen molar-refractivity contribution in [2.75, 3.05) is 17.2 Å². The number of benzene rings is 3. The summed E-state index contributed by atoms with van der Waals surface area (Å²) in [4.78, 5) is 25.0. The lowest BCUT2D eigenvalue weighted by Crippen LogP contribution is -2.22. The van der Waals surface area contributed by atoms with Gasteiger partial charge in [-0.25, -0.2) is 0 Å². The van der Waals surface area contributed by atoms with Crippen LogP contribution in [0.3, 0.4) is 0 Å². The number of carbonyl (C=O) groups is 2. The van der Waals surface area contributed by atoms with Crippen LogP contribution in [0.15, 0.2) is 66.7 Å². The van der Waals surface area contributed by atoms with Crippen LogP contribution in [0.2, 0.25) is 0 Å². The van der Waals surface area contributed by atoms with E-state index in [-0.39, 0.29) is 18.4 Å². The third-order valence-corrected chi connectivity index (χ3v) is 4.46. The molecule has 0 aromatic heterocycles. The normalized spacial score (nSPS) is 10.3. The third-order valence-electron chi connectivity index (χ3n) is 4.46. The van der Waals surface area contributed by atoms with Crippen molar-refractivity contribution >= 4 is 23.2 Å². The van der Waals surface area contributed by atoms with Crippen molar-refractivity contribution in [2.24, 2.45) is 0 Å². The summed E-state index contributed by atoms with van der Waals surface area (Å²) in [5.41, 5.74) is 4.99. The van der Waals surface area contributed by atoms with Gasteiger partial charge in [-0.1, -0.05) is 48.0 Å². The van der Waals surface area contributed by atoms with E-state index in [1.807, 2.05) is 51.1 Å². The number of rotatable bonds is 6. The maximum absolute atomic E-state index is 12.6. The molecular weight excluding hydrogens is 364 g/mol. The number of ether oxygens (including phenoxy) is 1. The van der Waals surface area contributed by atoms with Gasteiger partial charge in [0.05, 0.1) is 5.56 Å². The summed E-state index contributed by atoms with van der Waals surface area (Å²) < 4.78 is 5.66. The minimum atomic E-state index is -0.294. The van der Waals surface area contributed by atoms with Gasteiger partial charge >= 0.3 is 0 Å². The molecule has 0 saturated carbocycles. The summed E-state index contributed by atoms with van der Waals surface area (Å²) in [5, 5.41) is 5.73. The SMILES string of the molecule is Cc1cc(C)c(NC(=O)COc2ccccc2C(=O)Nc2ccccc2)c(C)c1. The van der Waals surface area contributed by atoms with Crippen LogP contribution in [0.4, 0.5) is 11.4 Å². The molecule has 0 unspecified atom stereocenters. The Bertz CT molecular complexity index is 1010. The van der Waals surface area contributed by atoms with Crippen LogP contribution >= 0.6 is 0 Å². The predicted molar refractivity (Wildman–Crippen MR) is 116 cm³/mol. The van der Waals surface area contributed by atoms with Crippen LogP contribution in [-0.4, -0.2) is 18.4 Å². The second kappa shape index (κ2) is 9.06. The van der Waals surface area contributed by atoms with Gasteiger partial charge < -0.3 is 15.4 Å². The van der Waals surface area contributed by atoms with Crippen molar-refractivity contribution in [1.29, 1.82) is 0 Å². The molecule has 0 aliphatic rings. The molecule has 2 N–H and O–H groups in total. The van der Waals surface area contributed by atoms with E-state index in [1.54, 1.807) is 36.4 Å². The van der Waals surface area contributed by atoms with E-state index >= 15 is 0 Å². The number of aryl methyl sites for hydroxylation is 3. The predicted octanol–water partition coefficient (Wildman–Crippen LogP) is 4.88. The van der Waals surface area contributed by atoms with E-state index in [0.29, 0.717) is 17.0 Å². The van der Waals surface area contributed by atoms with Gasteiger partial charge in [-0.15, -0.1) is 0 Å². The molecule has 0 atom stereocenters. The highest BCUT2D eigenvalue weighted by Gasteiger charge is 2.14. The molecule has 5 nitrogen and oxygen atoms in total. The molecule has 3 rings (SSSR count). The quantitative estimate of drug-likeness (QED) is 0.632. The van der Waals surface area contributed by atoms with Gasteiger partial charge in [0.25, 0.3) is 11.8 Å². The Kier molecular flexibility index (Phi) is 6.29. The number of anilines is 2. The van der Waals surface area contributed by atoms with Crippen LogP contribution in [0, 0.1) is 20.8 Å². The average Bonchev–Trinajstić information content (AvgIpc) is 2.70. The fourth-order valence-corrected chi connectivity index (χ4v) is 3.20. The lowest BCUT2D eigenvalue weighted by Gasteiger charge is -2.14. The number of para-hydroxylation sites is 2. The molecule has 3 aromatic rings.